The van der Waals surface area contributed by atoms with Gasteiger partial charge in [0.1, 0.15) is 6.61 Å². The van der Waals surface area contributed by atoms with Crippen molar-refractivity contribution in [1.29, 1.82) is 0 Å². The summed E-state index contributed by atoms with van der Waals surface area (Å²) in [7, 11) is 0. The van der Waals surface area contributed by atoms with Crippen LogP contribution in [0.1, 0.15) is 28.8 Å². The zero-order valence-electron chi connectivity index (χ0n) is 16.8. The van der Waals surface area contributed by atoms with E-state index in [1.807, 2.05) is 0 Å². The molecule has 0 unspecified atom stereocenters. The number of alkyl halides is 3. The number of hydrogen-bond donors (Lipinski definition) is 1. The van der Waals surface area contributed by atoms with Crippen LogP contribution in [0.3, 0.4) is 0 Å². The Labute approximate surface area is 177 Å². The molecule has 1 N–H and O–H groups in total. The number of pyridine rings is 1. The molecule has 0 bridgehead atoms. The highest BCUT2D eigenvalue weighted by atomic mass is 19.4. The summed E-state index contributed by atoms with van der Waals surface area (Å²) >= 11 is 0. The van der Waals surface area contributed by atoms with Crippen LogP contribution in [-0.2, 0) is 10.9 Å². The van der Waals surface area contributed by atoms with Crippen LogP contribution < -0.4 is 5.32 Å². The summed E-state index contributed by atoms with van der Waals surface area (Å²) in [6.07, 6.45) is -0.664. The minimum absolute atomic E-state index is 0.213. The Morgan fingerprint density at radius 1 is 1.06 bits per heavy atom. The first-order chi connectivity index (χ1) is 14.9. The lowest BCUT2D eigenvalue weighted by Crippen LogP contribution is -2.25. The first-order valence-electron chi connectivity index (χ1n) is 10.1. The third kappa shape index (κ3) is 4.96. The van der Waals surface area contributed by atoms with Crippen LogP contribution in [0, 0.1) is 0 Å². The highest BCUT2D eigenvalue weighted by molar-refractivity contribution is 5.99. The molecule has 0 amide bonds. The number of likely N-dealkylation sites (tertiary alicyclic amines) is 1. The van der Waals surface area contributed by atoms with E-state index in [1.54, 1.807) is 30.3 Å². The molecular weight excluding hydrogens is 407 g/mol. The van der Waals surface area contributed by atoms with Gasteiger partial charge in [-0.1, -0.05) is 18.2 Å². The van der Waals surface area contributed by atoms with E-state index in [2.05, 4.69) is 15.2 Å². The van der Waals surface area contributed by atoms with Gasteiger partial charge in [0.05, 0.1) is 22.3 Å². The number of fused-ring (bicyclic) bond motifs is 1. The molecule has 0 spiro atoms. The van der Waals surface area contributed by atoms with Crippen molar-refractivity contribution >= 4 is 28.2 Å². The normalized spacial score (nSPS) is 14.7. The molecule has 8 heteroatoms. The number of esters is 1. The third-order valence-corrected chi connectivity index (χ3v) is 5.33. The van der Waals surface area contributed by atoms with Gasteiger partial charge in [0.2, 0.25) is 0 Å². The number of nitrogens with zero attached hydrogens (tertiary/aromatic N) is 2. The Morgan fingerprint density at radius 3 is 2.61 bits per heavy atom. The van der Waals surface area contributed by atoms with Crippen molar-refractivity contribution in [2.24, 2.45) is 0 Å². The lowest BCUT2D eigenvalue weighted by Gasteiger charge is -2.16. The average Bonchev–Trinajstić information content (AvgIpc) is 3.27. The molecule has 5 nitrogen and oxygen atoms in total. The highest BCUT2D eigenvalue weighted by Gasteiger charge is 2.30. The van der Waals surface area contributed by atoms with E-state index < -0.39 is 17.7 Å². The fourth-order valence-corrected chi connectivity index (χ4v) is 3.70. The molecule has 2 aromatic carbocycles. The van der Waals surface area contributed by atoms with Gasteiger partial charge in [0, 0.05) is 23.8 Å². The molecule has 1 aliphatic rings. The van der Waals surface area contributed by atoms with E-state index in [9.17, 15) is 18.0 Å². The fourth-order valence-electron chi connectivity index (χ4n) is 3.70. The number of rotatable bonds is 6. The maximum Gasteiger partial charge on any atom is 0.416 e. The van der Waals surface area contributed by atoms with Crippen molar-refractivity contribution < 1.29 is 22.7 Å². The molecule has 0 saturated carbocycles. The number of ether oxygens (including phenoxy) is 1. The zero-order chi connectivity index (χ0) is 21.8. The van der Waals surface area contributed by atoms with E-state index in [0.717, 1.165) is 25.2 Å². The summed E-state index contributed by atoms with van der Waals surface area (Å²) in [5.74, 6) is -0.444. The van der Waals surface area contributed by atoms with Crippen LogP contribution >= 0.6 is 0 Å². The van der Waals surface area contributed by atoms with Crippen molar-refractivity contribution in [2.75, 3.05) is 31.6 Å². The number of nitrogens with one attached hydrogen (secondary N) is 1. The molecule has 1 fully saturated rings. The summed E-state index contributed by atoms with van der Waals surface area (Å²) in [5, 5.41) is 3.67. The maximum absolute atomic E-state index is 13.0. The van der Waals surface area contributed by atoms with Gasteiger partial charge in [-0.3, -0.25) is 9.88 Å². The molecule has 31 heavy (non-hydrogen) atoms. The van der Waals surface area contributed by atoms with E-state index in [4.69, 9.17) is 4.74 Å². The van der Waals surface area contributed by atoms with Gasteiger partial charge in [-0.25, -0.2) is 4.79 Å². The van der Waals surface area contributed by atoms with Gasteiger partial charge in [-0.15, -0.1) is 0 Å². The van der Waals surface area contributed by atoms with Crippen molar-refractivity contribution in [3.8, 4) is 0 Å². The fraction of sp³-hybridized carbons (Fsp3) is 0.304. The summed E-state index contributed by atoms with van der Waals surface area (Å²) < 4.78 is 44.5. The van der Waals surface area contributed by atoms with Gasteiger partial charge >= 0.3 is 12.1 Å². The molecule has 2 heterocycles. The Morgan fingerprint density at radius 2 is 1.84 bits per heavy atom. The number of benzene rings is 2. The standard InChI is InChI=1S/C23H22F3N3O2/c24-23(25,26)16-7-8-17-20(9-10-27-21(17)15-16)28-19-6-2-1-5-18(19)22(30)31-14-13-29-11-3-4-12-29/h1-2,5-10,15H,3-4,11-14H2,(H,27,28). The van der Waals surface area contributed by atoms with Gasteiger partial charge in [0.25, 0.3) is 0 Å². The maximum atomic E-state index is 13.0. The van der Waals surface area contributed by atoms with Crippen LogP contribution in [0.15, 0.2) is 54.7 Å². The summed E-state index contributed by atoms with van der Waals surface area (Å²) in [5.41, 5.74) is 0.884. The SMILES string of the molecule is O=C(OCCN1CCCC1)c1ccccc1Nc1ccnc2cc(C(F)(F)F)ccc12. The van der Waals surface area contributed by atoms with Crippen molar-refractivity contribution in [2.45, 2.75) is 19.0 Å². The molecule has 3 aromatic rings. The molecular formula is C23H22F3N3O2. The number of para-hydroxylation sites is 1. The van der Waals surface area contributed by atoms with Gasteiger partial charge in [-0.05, 0) is 56.3 Å². The second kappa shape index (κ2) is 8.93. The highest BCUT2D eigenvalue weighted by Crippen LogP contribution is 2.33. The second-order valence-electron chi connectivity index (χ2n) is 7.44. The topological polar surface area (TPSA) is 54.5 Å². The van der Waals surface area contributed by atoms with Crippen molar-refractivity contribution in [1.82, 2.24) is 9.88 Å². The Kier molecular flexibility index (Phi) is 6.08. The van der Waals surface area contributed by atoms with Crippen molar-refractivity contribution in [3.63, 3.8) is 0 Å². The second-order valence-corrected chi connectivity index (χ2v) is 7.44. The smallest absolute Gasteiger partial charge is 0.416 e. The molecule has 1 saturated heterocycles. The molecule has 1 aromatic heterocycles. The summed E-state index contributed by atoms with van der Waals surface area (Å²) in [6.45, 7) is 3.07. The minimum Gasteiger partial charge on any atom is -0.461 e. The van der Waals surface area contributed by atoms with Gasteiger partial charge < -0.3 is 10.1 Å². The van der Waals surface area contributed by atoms with E-state index in [-0.39, 0.29) is 5.52 Å². The lowest BCUT2D eigenvalue weighted by molar-refractivity contribution is -0.137. The van der Waals surface area contributed by atoms with Gasteiger partial charge in [0.15, 0.2) is 0 Å². The molecule has 1 aliphatic heterocycles. The van der Waals surface area contributed by atoms with Crippen LogP contribution in [0.5, 0.6) is 0 Å². The monoisotopic (exact) mass is 429 g/mol. The van der Waals surface area contributed by atoms with Crippen LogP contribution in [0.4, 0.5) is 24.5 Å². The zero-order valence-corrected chi connectivity index (χ0v) is 16.8. The minimum atomic E-state index is -4.44. The Balaban J connectivity index is 1.53. The van der Waals surface area contributed by atoms with Crippen LogP contribution in [0.25, 0.3) is 10.9 Å². The Hall–Kier alpha value is -3.13. The number of halogens is 3. The first-order valence-corrected chi connectivity index (χ1v) is 10.1. The number of hydrogen-bond acceptors (Lipinski definition) is 5. The largest absolute Gasteiger partial charge is 0.461 e. The molecule has 0 atom stereocenters. The van der Waals surface area contributed by atoms with E-state index in [0.29, 0.717) is 35.5 Å². The van der Waals surface area contributed by atoms with Crippen LogP contribution in [0.2, 0.25) is 0 Å². The number of aromatic nitrogens is 1. The molecule has 4 rings (SSSR count). The number of carbonyl (C=O) groups is 1. The van der Waals surface area contributed by atoms with E-state index in [1.165, 1.54) is 25.1 Å². The molecule has 0 aliphatic carbocycles. The van der Waals surface area contributed by atoms with E-state index >= 15 is 0 Å². The van der Waals surface area contributed by atoms with Crippen LogP contribution in [-0.4, -0.2) is 42.1 Å². The number of carbonyl (C=O) groups excluding carboxylic acids is 1. The summed E-state index contributed by atoms with van der Waals surface area (Å²) in [6, 6.07) is 12.0. The predicted octanol–water partition coefficient (Wildman–Crippen LogP) is 5.25. The van der Waals surface area contributed by atoms with Crippen molar-refractivity contribution in [3.05, 3.63) is 65.9 Å². The average molecular weight is 429 g/mol. The third-order valence-electron chi connectivity index (χ3n) is 5.33. The Bertz CT molecular complexity index is 1080. The predicted molar refractivity (Wildman–Crippen MR) is 112 cm³/mol. The lowest BCUT2D eigenvalue weighted by atomic mass is 10.1. The number of anilines is 2. The molecule has 0 radical (unpaired) electrons. The summed E-state index contributed by atoms with van der Waals surface area (Å²) in [4.78, 5) is 18.9. The first kappa shape index (κ1) is 21.1. The molecule has 162 valence electrons. The quantitative estimate of drug-likeness (QED) is 0.543. The van der Waals surface area contributed by atoms with Gasteiger partial charge in [-0.2, -0.15) is 13.2 Å².